The van der Waals surface area contributed by atoms with E-state index in [0.29, 0.717) is 17.3 Å². The van der Waals surface area contributed by atoms with Gasteiger partial charge >= 0.3 is 0 Å². The quantitative estimate of drug-likeness (QED) is 0.787. The maximum atomic E-state index is 12.8. The van der Waals surface area contributed by atoms with Crippen LogP contribution in [0.25, 0.3) is 0 Å². The van der Waals surface area contributed by atoms with Crippen LogP contribution < -0.4 is 0 Å². The third-order valence-corrected chi connectivity index (χ3v) is 4.26. The molecule has 0 N–H and O–H groups in total. The van der Waals surface area contributed by atoms with Gasteiger partial charge in [0.05, 0.1) is 17.8 Å². The number of aromatic nitrogens is 5. The van der Waals surface area contributed by atoms with Gasteiger partial charge in [-0.3, -0.25) is 9.48 Å². The lowest BCUT2D eigenvalue weighted by molar-refractivity contribution is 0.0974. The number of hydrogen-bond donors (Lipinski definition) is 0. The minimum absolute atomic E-state index is 0.257. The molecule has 2 aromatic heterocycles. The summed E-state index contributed by atoms with van der Waals surface area (Å²) in [5.41, 5.74) is 0.452. The molecule has 0 saturated carbocycles. The number of nitriles is 1. The van der Waals surface area contributed by atoms with Crippen LogP contribution in [0.1, 0.15) is 61.0 Å². The van der Waals surface area contributed by atoms with Gasteiger partial charge in [0.25, 0.3) is 0 Å². The number of carbonyl (C=O) groups is 1. The van der Waals surface area contributed by atoms with E-state index in [1.165, 1.54) is 6.20 Å². The lowest BCUT2D eigenvalue weighted by Gasteiger charge is -2.10. The number of fused-ring (bicyclic) bond motifs is 1. The lowest BCUT2D eigenvalue weighted by Crippen LogP contribution is -2.17. The predicted octanol–water partition coefficient (Wildman–Crippen LogP) is 2.35. The van der Waals surface area contributed by atoms with Crippen molar-refractivity contribution in [2.75, 3.05) is 0 Å². The van der Waals surface area contributed by atoms with Crippen LogP contribution >= 0.6 is 0 Å². The molecule has 0 spiro atoms. The maximum absolute atomic E-state index is 12.8. The number of Topliss-reactive ketones (excluding diaryl/α,β-unsaturated/α-hetero) is 1. The second kappa shape index (κ2) is 6.95. The molecule has 3 heterocycles. The summed E-state index contributed by atoms with van der Waals surface area (Å²) >= 11 is 0. The molecule has 7 heteroatoms. The summed E-state index contributed by atoms with van der Waals surface area (Å²) in [6.07, 6.45) is 7.34. The van der Waals surface area contributed by atoms with Gasteiger partial charge < -0.3 is 4.57 Å². The SMILES string of the molecule is CC(C)Cn1cc(C(=O)[C@H](C#N)c2nnc3n2CCCCC3)cn1. The molecule has 0 saturated heterocycles. The van der Waals surface area contributed by atoms with Crippen LogP contribution in [0.3, 0.4) is 0 Å². The van der Waals surface area contributed by atoms with Crippen molar-refractivity contribution in [1.82, 2.24) is 24.5 Å². The third kappa shape index (κ3) is 3.23. The van der Waals surface area contributed by atoms with E-state index in [9.17, 15) is 10.1 Å². The molecule has 0 aromatic carbocycles. The molecule has 0 unspecified atom stereocenters. The van der Waals surface area contributed by atoms with Gasteiger partial charge in [0.15, 0.2) is 17.5 Å². The first-order chi connectivity index (χ1) is 11.6. The molecule has 126 valence electrons. The number of aryl methyl sites for hydroxylation is 1. The highest BCUT2D eigenvalue weighted by atomic mass is 16.1. The summed E-state index contributed by atoms with van der Waals surface area (Å²) in [6.45, 7) is 5.69. The van der Waals surface area contributed by atoms with Gasteiger partial charge in [-0.1, -0.05) is 20.3 Å². The van der Waals surface area contributed by atoms with Gasteiger partial charge in [-0.05, 0) is 18.8 Å². The molecule has 0 amide bonds. The van der Waals surface area contributed by atoms with Crippen molar-refractivity contribution in [2.45, 2.75) is 58.5 Å². The molecule has 1 atom stereocenters. The fraction of sp³-hybridized carbons (Fsp3) is 0.588. The first kappa shape index (κ1) is 16.4. The minimum atomic E-state index is -0.930. The molecule has 2 aromatic rings. The lowest BCUT2D eigenvalue weighted by atomic mass is 10.0. The van der Waals surface area contributed by atoms with Crippen molar-refractivity contribution in [3.05, 3.63) is 29.6 Å². The Hall–Kier alpha value is -2.49. The van der Waals surface area contributed by atoms with E-state index in [0.717, 1.165) is 44.6 Å². The zero-order valence-electron chi connectivity index (χ0n) is 14.1. The molecular weight excluding hydrogens is 304 g/mol. The van der Waals surface area contributed by atoms with E-state index in [1.54, 1.807) is 10.9 Å². The highest BCUT2D eigenvalue weighted by Crippen LogP contribution is 2.23. The molecule has 0 bridgehead atoms. The van der Waals surface area contributed by atoms with E-state index in [-0.39, 0.29) is 5.78 Å². The number of rotatable bonds is 5. The second-order valence-corrected chi connectivity index (χ2v) is 6.71. The summed E-state index contributed by atoms with van der Waals surface area (Å²) in [5.74, 6) is 0.599. The third-order valence-electron chi connectivity index (χ3n) is 4.26. The number of nitrogens with zero attached hydrogens (tertiary/aromatic N) is 6. The predicted molar refractivity (Wildman–Crippen MR) is 87.3 cm³/mol. The van der Waals surface area contributed by atoms with Crippen LogP contribution in [0, 0.1) is 17.2 Å². The minimum Gasteiger partial charge on any atom is -0.313 e. The summed E-state index contributed by atoms with van der Waals surface area (Å²) in [5, 5.41) is 22.1. The van der Waals surface area contributed by atoms with E-state index in [4.69, 9.17) is 0 Å². The number of hydrogen-bond acceptors (Lipinski definition) is 5. The molecule has 3 rings (SSSR count). The summed E-state index contributed by atoms with van der Waals surface area (Å²) < 4.78 is 3.70. The molecule has 0 fully saturated rings. The molecule has 1 aliphatic heterocycles. The molecule has 7 nitrogen and oxygen atoms in total. The van der Waals surface area contributed by atoms with Crippen molar-refractivity contribution in [3.63, 3.8) is 0 Å². The molecular formula is C17H22N6O. The van der Waals surface area contributed by atoms with Crippen molar-refractivity contribution < 1.29 is 4.79 Å². The van der Waals surface area contributed by atoms with Gasteiger partial charge in [0, 0.05) is 25.7 Å². The van der Waals surface area contributed by atoms with Crippen LogP contribution in [0.15, 0.2) is 12.4 Å². The molecule has 1 aliphatic rings. The summed E-state index contributed by atoms with van der Waals surface area (Å²) in [7, 11) is 0. The number of ketones is 1. The molecule has 0 radical (unpaired) electrons. The zero-order valence-corrected chi connectivity index (χ0v) is 14.1. The van der Waals surface area contributed by atoms with E-state index in [2.05, 4.69) is 35.2 Å². The Labute approximate surface area is 141 Å². The Morgan fingerprint density at radius 3 is 2.92 bits per heavy atom. The average molecular weight is 326 g/mol. The first-order valence-corrected chi connectivity index (χ1v) is 8.48. The Morgan fingerprint density at radius 2 is 2.17 bits per heavy atom. The zero-order chi connectivity index (χ0) is 17.1. The Kier molecular flexibility index (Phi) is 4.74. The Bertz CT molecular complexity index is 766. The fourth-order valence-corrected chi connectivity index (χ4v) is 3.09. The highest BCUT2D eigenvalue weighted by Gasteiger charge is 2.29. The Balaban J connectivity index is 1.86. The van der Waals surface area contributed by atoms with Gasteiger partial charge in [0.2, 0.25) is 0 Å². The van der Waals surface area contributed by atoms with Crippen LogP contribution in [-0.4, -0.2) is 30.3 Å². The van der Waals surface area contributed by atoms with E-state index in [1.807, 2.05) is 4.57 Å². The summed E-state index contributed by atoms with van der Waals surface area (Å²) in [4.78, 5) is 12.8. The van der Waals surface area contributed by atoms with Crippen LogP contribution in [0.2, 0.25) is 0 Å². The van der Waals surface area contributed by atoms with Crippen molar-refractivity contribution >= 4 is 5.78 Å². The largest absolute Gasteiger partial charge is 0.313 e. The van der Waals surface area contributed by atoms with Crippen molar-refractivity contribution in [1.29, 1.82) is 5.26 Å². The van der Waals surface area contributed by atoms with Crippen molar-refractivity contribution in [3.8, 4) is 6.07 Å². The summed E-state index contributed by atoms with van der Waals surface area (Å²) in [6, 6.07) is 2.11. The average Bonchev–Trinajstić information content (AvgIpc) is 3.09. The van der Waals surface area contributed by atoms with Gasteiger partial charge in [-0.2, -0.15) is 10.4 Å². The van der Waals surface area contributed by atoms with Gasteiger partial charge in [-0.15, -0.1) is 10.2 Å². The standard InChI is InChI=1S/C17H22N6O/c1-12(2)10-22-11-13(9-19-22)16(24)14(8-18)17-21-20-15-6-4-3-5-7-23(15)17/h9,11-12,14H,3-7,10H2,1-2H3/t14-/m0/s1. The van der Waals surface area contributed by atoms with Crippen molar-refractivity contribution in [2.24, 2.45) is 5.92 Å². The number of carbonyl (C=O) groups excluding carboxylic acids is 1. The monoisotopic (exact) mass is 326 g/mol. The fourth-order valence-electron chi connectivity index (χ4n) is 3.09. The van der Waals surface area contributed by atoms with E-state index >= 15 is 0 Å². The Morgan fingerprint density at radius 1 is 1.33 bits per heavy atom. The smallest absolute Gasteiger partial charge is 0.190 e. The first-order valence-electron chi connectivity index (χ1n) is 8.48. The topological polar surface area (TPSA) is 89.4 Å². The normalized spacial score (nSPS) is 15.6. The van der Waals surface area contributed by atoms with Gasteiger partial charge in [0.1, 0.15) is 5.82 Å². The van der Waals surface area contributed by atoms with Crippen LogP contribution in [0.5, 0.6) is 0 Å². The molecule has 24 heavy (non-hydrogen) atoms. The highest BCUT2D eigenvalue weighted by molar-refractivity contribution is 6.01. The van der Waals surface area contributed by atoms with Crippen LogP contribution in [-0.2, 0) is 19.5 Å². The maximum Gasteiger partial charge on any atom is 0.190 e. The van der Waals surface area contributed by atoms with Crippen LogP contribution in [0.4, 0.5) is 0 Å². The van der Waals surface area contributed by atoms with E-state index < -0.39 is 5.92 Å². The van der Waals surface area contributed by atoms with Gasteiger partial charge in [-0.25, -0.2) is 0 Å². The molecule has 0 aliphatic carbocycles. The second-order valence-electron chi connectivity index (χ2n) is 6.71.